The summed E-state index contributed by atoms with van der Waals surface area (Å²) in [5.41, 5.74) is 1.58. The molecule has 2 aromatic carbocycles. The number of nitrogens with one attached hydrogen (secondary N) is 1. The molecule has 1 amide bonds. The average Bonchev–Trinajstić information content (AvgIpc) is 3.01. The summed E-state index contributed by atoms with van der Waals surface area (Å²) in [6.07, 6.45) is 2.08. The lowest BCUT2D eigenvalue weighted by Gasteiger charge is -2.30. The van der Waals surface area contributed by atoms with Gasteiger partial charge >= 0.3 is 0 Å². The predicted molar refractivity (Wildman–Crippen MR) is 112 cm³/mol. The third kappa shape index (κ3) is 3.77. The molecule has 5 nitrogen and oxygen atoms in total. The Balaban J connectivity index is 1.65. The molecule has 0 aliphatic carbocycles. The first-order chi connectivity index (χ1) is 13.0. The first-order valence-corrected chi connectivity index (χ1v) is 10.0. The SMILES string of the molecule is Cc1cc(NC(=O)c2cc(Br)cc3ccccc23)n(C2CCN(C)CC2)n1. The van der Waals surface area contributed by atoms with Crippen molar-refractivity contribution in [3.63, 3.8) is 0 Å². The molecule has 1 saturated heterocycles. The Bertz CT molecular complexity index is 989. The van der Waals surface area contributed by atoms with Crippen LogP contribution in [0.4, 0.5) is 5.82 Å². The quantitative estimate of drug-likeness (QED) is 0.664. The topological polar surface area (TPSA) is 50.2 Å². The first-order valence-electron chi connectivity index (χ1n) is 9.25. The van der Waals surface area contributed by atoms with Gasteiger partial charge in [0.15, 0.2) is 0 Å². The van der Waals surface area contributed by atoms with Crippen LogP contribution >= 0.6 is 15.9 Å². The van der Waals surface area contributed by atoms with Crippen LogP contribution < -0.4 is 5.32 Å². The smallest absolute Gasteiger partial charge is 0.257 e. The second-order valence-electron chi connectivity index (χ2n) is 7.28. The van der Waals surface area contributed by atoms with E-state index in [1.807, 2.05) is 54.1 Å². The van der Waals surface area contributed by atoms with Crippen molar-refractivity contribution in [3.05, 3.63) is 58.2 Å². The number of likely N-dealkylation sites (tertiary alicyclic amines) is 1. The molecule has 1 aliphatic heterocycles. The maximum atomic E-state index is 13.1. The van der Waals surface area contributed by atoms with Crippen LogP contribution in [0.1, 0.15) is 34.9 Å². The molecule has 1 fully saturated rings. The number of hydrogen-bond donors (Lipinski definition) is 1. The lowest BCUT2D eigenvalue weighted by molar-refractivity contribution is 0.102. The summed E-state index contributed by atoms with van der Waals surface area (Å²) in [7, 11) is 2.14. The maximum Gasteiger partial charge on any atom is 0.257 e. The number of piperidine rings is 1. The molecule has 6 heteroatoms. The number of aromatic nitrogens is 2. The maximum absolute atomic E-state index is 13.1. The minimum Gasteiger partial charge on any atom is -0.307 e. The van der Waals surface area contributed by atoms with E-state index in [1.165, 1.54) is 0 Å². The van der Waals surface area contributed by atoms with Crippen molar-refractivity contribution >= 4 is 38.4 Å². The van der Waals surface area contributed by atoms with Gasteiger partial charge in [-0.05, 0) is 62.8 Å². The highest BCUT2D eigenvalue weighted by molar-refractivity contribution is 9.10. The van der Waals surface area contributed by atoms with Crippen LogP contribution in [0.2, 0.25) is 0 Å². The van der Waals surface area contributed by atoms with Crippen LogP contribution in [0, 0.1) is 6.92 Å². The lowest BCUT2D eigenvalue weighted by atomic mass is 10.0. The van der Waals surface area contributed by atoms with E-state index in [-0.39, 0.29) is 5.91 Å². The van der Waals surface area contributed by atoms with E-state index in [1.54, 1.807) is 0 Å². The molecular formula is C21H23BrN4O. The number of carbonyl (C=O) groups excluding carboxylic acids is 1. The van der Waals surface area contributed by atoms with Gasteiger partial charge in [0.05, 0.1) is 11.7 Å². The summed E-state index contributed by atoms with van der Waals surface area (Å²) in [5.74, 6) is 0.665. The number of fused-ring (bicyclic) bond motifs is 1. The zero-order valence-corrected chi connectivity index (χ0v) is 17.2. The van der Waals surface area contributed by atoms with Gasteiger partial charge in [-0.15, -0.1) is 0 Å². The second kappa shape index (κ2) is 7.44. The number of amides is 1. The molecule has 1 aromatic heterocycles. The van der Waals surface area contributed by atoms with E-state index < -0.39 is 0 Å². The molecule has 27 heavy (non-hydrogen) atoms. The van der Waals surface area contributed by atoms with Crippen molar-refractivity contribution in [2.45, 2.75) is 25.8 Å². The van der Waals surface area contributed by atoms with Crippen LogP contribution in [0.25, 0.3) is 10.8 Å². The van der Waals surface area contributed by atoms with Gasteiger partial charge in [-0.1, -0.05) is 40.2 Å². The molecule has 0 bridgehead atoms. The third-order valence-corrected chi connectivity index (χ3v) is 5.66. The standard InChI is InChI=1S/C21H23BrN4O/c1-14-11-20(26(24-14)17-7-9-25(2)10-8-17)23-21(27)19-13-16(22)12-15-5-3-4-6-18(15)19/h3-6,11-13,17H,7-10H2,1-2H3,(H,23,27). The molecule has 0 spiro atoms. The molecule has 1 aliphatic rings. The molecular weight excluding hydrogens is 404 g/mol. The first kappa shape index (κ1) is 18.2. The molecule has 0 saturated carbocycles. The summed E-state index contributed by atoms with van der Waals surface area (Å²) in [5, 5.41) is 9.75. The highest BCUT2D eigenvalue weighted by Gasteiger charge is 2.23. The number of nitrogens with zero attached hydrogens (tertiary/aromatic N) is 3. The molecule has 0 atom stereocenters. The largest absolute Gasteiger partial charge is 0.307 e. The number of carbonyl (C=O) groups is 1. The molecule has 4 rings (SSSR count). The number of anilines is 1. The van der Waals surface area contributed by atoms with Crippen molar-refractivity contribution in [2.75, 3.05) is 25.5 Å². The summed E-state index contributed by atoms with van der Waals surface area (Å²) < 4.78 is 2.90. The zero-order chi connectivity index (χ0) is 19.0. The fourth-order valence-corrected chi connectivity index (χ4v) is 4.25. The molecule has 1 N–H and O–H groups in total. The van der Waals surface area contributed by atoms with Gasteiger partial charge in [0.2, 0.25) is 0 Å². The number of rotatable bonds is 3. The van der Waals surface area contributed by atoms with Crippen molar-refractivity contribution in [1.82, 2.24) is 14.7 Å². The van der Waals surface area contributed by atoms with Gasteiger partial charge < -0.3 is 10.2 Å². The van der Waals surface area contributed by atoms with E-state index in [2.05, 4.69) is 38.3 Å². The monoisotopic (exact) mass is 426 g/mol. The van der Waals surface area contributed by atoms with Gasteiger partial charge in [0.25, 0.3) is 5.91 Å². The Morgan fingerprint density at radius 1 is 1.19 bits per heavy atom. The van der Waals surface area contributed by atoms with Gasteiger partial charge in [0.1, 0.15) is 5.82 Å². The Morgan fingerprint density at radius 2 is 1.93 bits per heavy atom. The molecule has 3 aromatic rings. The zero-order valence-electron chi connectivity index (χ0n) is 15.6. The van der Waals surface area contributed by atoms with E-state index in [0.29, 0.717) is 11.6 Å². The highest BCUT2D eigenvalue weighted by Crippen LogP contribution is 2.28. The second-order valence-corrected chi connectivity index (χ2v) is 8.19. The fraction of sp³-hybridized carbons (Fsp3) is 0.333. The Labute approximate surface area is 167 Å². The number of halogens is 1. The van der Waals surface area contributed by atoms with Crippen molar-refractivity contribution in [3.8, 4) is 0 Å². The molecule has 2 heterocycles. The van der Waals surface area contributed by atoms with Crippen LogP contribution in [-0.4, -0.2) is 40.7 Å². The Morgan fingerprint density at radius 3 is 2.70 bits per heavy atom. The van der Waals surface area contributed by atoms with E-state index in [9.17, 15) is 4.79 Å². The van der Waals surface area contributed by atoms with Crippen LogP contribution in [0.5, 0.6) is 0 Å². The van der Waals surface area contributed by atoms with E-state index in [4.69, 9.17) is 0 Å². The normalized spacial score (nSPS) is 16.0. The summed E-state index contributed by atoms with van der Waals surface area (Å²) in [4.78, 5) is 15.4. The minimum atomic E-state index is -0.110. The predicted octanol–water partition coefficient (Wildman–Crippen LogP) is 4.63. The van der Waals surface area contributed by atoms with Gasteiger partial charge in [-0.25, -0.2) is 4.68 Å². The lowest BCUT2D eigenvalue weighted by Crippen LogP contribution is -2.32. The van der Waals surface area contributed by atoms with Crippen molar-refractivity contribution < 1.29 is 4.79 Å². The molecule has 140 valence electrons. The van der Waals surface area contributed by atoms with Crippen molar-refractivity contribution in [1.29, 1.82) is 0 Å². The average molecular weight is 427 g/mol. The van der Waals surface area contributed by atoms with Gasteiger partial charge in [-0.2, -0.15) is 5.10 Å². The third-order valence-electron chi connectivity index (χ3n) is 5.20. The highest BCUT2D eigenvalue weighted by atomic mass is 79.9. The number of aryl methyl sites for hydroxylation is 1. The fourth-order valence-electron chi connectivity index (χ4n) is 3.77. The van der Waals surface area contributed by atoms with Crippen LogP contribution in [-0.2, 0) is 0 Å². The van der Waals surface area contributed by atoms with Gasteiger partial charge in [0, 0.05) is 16.1 Å². The van der Waals surface area contributed by atoms with Gasteiger partial charge in [-0.3, -0.25) is 4.79 Å². The summed E-state index contributed by atoms with van der Waals surface area (Å²) >= 11 is 3.52. The molecule has 0 unspecified atom stereocenters. The summed E-state index contributed by atoms with van der Waals surface area (Å²) in [6.45, 7) is 4.07. The Kier molecular flexibility index (Phi) is 5.02. The van der Waals surface area contributed by atoms with E-state index in [0.717, 1.165) is 52.7 Å². The van der Waals surface area contributed by atoms with Crippen LogP contribution in [0.3, 0.4) is 0 Å². The van der Waals surface area contributed by atoms with Crippen molar-refractivity contribution in [2.24, 2.45) is 0 Å². The number of benzene rings is 2. The van der Waals surface area contributed by atoms with E-state index >= 15 is 0 Å². The molecule has 0 radical (unpaired) electrons. The minimum absolute atomic E-state index is 0.110. The summed E-state index contributed by atoms with van der Waals surface area (Å²) in [6, 6.07) is 14.1. The number of hydrogen-bond acceptors (Lipinski definition) is 3. The van der Waals surface area contributed by atoms with Crippen LogP contribution in [0.15, 0.2) is 46.9 Å². The Hall–Kier alpha value is -2.18.